The molecule has 1 heterocycles. The first-order valence-corrected chi connectivity index (χ1v) is 10.6. The highest BCUT2D eigenvalue weighted by Gasteiger charge is 2.06. The molecule has 6 nitrogen and oxygen atoms in total. The van der Waals surface area contributed by atoms with E-state index >= 15 is 0 Å². The van der Waals surface area contributed by atoms with E-state index in [0.29, 0.717) is 17.4 Å². The summed E-state index contributed by atoms with van der Waals surface area (Å²) < 4.78 is 11.7. The Bertz CT molecular complexity index is 1280. The van der Waals surface area contributed by atoms with Gasteiger partial charge in [-0.25, -0.2) is 4.98 Å². The molecule has 0 amide bonds. The molecule has 0 saturated carbocycles. The summed E-state index contributed by atoms with van der Waals surface area (Å²) >= 11 is 0. The third-order valence-corrected chi connectivity index (χ3v) is 5.15. The molecule has 0 aliphatic heterocycles. The lowest BCUT2D eigenvalue weighted by molar-refractivity contribution is 0.411. The van der Waals surface area contributed by atoms with Crippen LogP contribution in [-0.4, -0.2) is 20.2 Å². The first kappa shape index (κ1) is 21.0. The van der Waals surface area contributed by atoms with Gasteiger partial charge >= 0.3 is 6.01 Å². The summed E-state index contributed by atoms with van der Waals surface area (Å²) in [7, 11) is 0. The molecule has 5 rings (SSSR count). The van der Waals surface area contributed by atoms with Crippen LogP contribution in [0.15, 0.2) is 109 Å². The van der Waals surface area contributed by atoms with Gasteiger partial charge in [-0.2, -0.15) is 4.98 Å². The van der Waals surface area contributed by atoms with Crippen LogP contribution in [0.1, 0.15) is 0 Å². The van der Waals surface area contributed by atoms with Crippen LogP contribution in [0.2, 0.25) is 0 Å². The van der Waals surface area contributed by atoms with Gasteiger partial charge in [0.2, 0.25) is 5.88 Å². The lowest BCUT2D eigenvalue weighted by Crippen LogP contribution is -1.94. The van der Waals surface area contributed by atoms with E-state index in [9.17, 15) is 10.2 Å². The van der Waals surface area contributed by atoms with Gasteiger partial charge in [0.1, 0.15) is 23.0 Å². The highest BCUT2D eigenvalue weighted by Crippen LogP contribution is 2.28. The fraction of sp³-hybridized carbons (Fsp3) is 0. The standard InChI is InChI=1S/C28H20N2O4/c31-23-9-1-19(2-10-23)21-5-13-25(14-6-21)33-27-17-18-29-28(30-27)34-26-15-7-22(8-16-26)20-3-11-24(32)12-4-20/h1-18,31-32H. The molecule has 0 radical (unpaired) electrons. The molecule has 0 atom stereocenters. The Kier molecular flexibility index (Phi) is 5.78. The van der Waals surface area contributed by atoms with Crippen LogP contribution in [0, 0.1) is 0 Å². The Morgan fingerprint density at radius 3 is 1.35 bits per heavy atom. The van der Waals surface area contributed by atoms with Crippen LogP contribution in [0.4, 0.5) is 0 Å². The van der Waals surface area contributed by atoms with Crippen molar-refractivity contribution in [3.63, 3.8) is 0 Å². The number of nitrogens with zero attached hydrogens (tertiary/aromatic N) is 2. The number of phenolic OH excluding ortho intramolecular Hbond substituents is 2. The summed E-state index contributed by atoms with van der Waals surface area (Å²) in [6.07, 6.45) is 1.58. The number of phenols is 2. The van der Waals surface area contributed by atoms with Crippen molar-refractivity contribution in [3.05, 3.63) is 109 Å². The Labute approximate surface area is 196 Å². The maximum absolute atomic E-state index is 9.45. The van der Waals surface area contributed by atoms with Gasteiger partial charge in [0.25, 0.3) is 0 Å². The van der Waals surface area contributed by atoms with Crippen LogP contribution >= 0.6 is 0 Å². The molecule has 0 saturated heterocycles. The van der Waals surface area contributed by atoms with Gasteiger partial charge in [0.05, 0.1) is 0 Å². The molecular formula is C28H20N2O4. The van der Waals surface area contributed by atoms with E-state index < -0.39 is 0 Å². The van der Waals surface area contributed by atoms with E-state index in [-0.39, 0.29) is 17.5 Å². The van der Waals surface area contributed by atoms with Crippen molar-refractivity contribution in [1.29, 1.82) is 0 Å². The van der Waals surface area contributed by atoms with Crippen LogP contribution in [0.5, 0.6) is 34.9 Å². The molecule has 5 aromatic rings. The predicted octanol–water partition coefficient (Wildman–Crippen LogP) is 6.81. The predicted molar refractivity (Wildman–Crippen MR) is 129 cm³/mol. The van der Waals surface area contributed by atoms with E-state index in [0.717, 1.165) is 22.3 Å². The first-order valence-electron chi connectivity index (χ1n) is 10.6. The van der Waals surface area contributed by atoms with Crippen LogP contribution in [-0.2, 0) is 0 Å². The average Bonchev–Trinajstić information content (AvgIpc) is 2.86. The van der Waals surface area contributed by atoms with Gasteiger partial charge in [-0.15, -0.1) is 0 Å². The van der Waals surface area contributed by atoms with E-state index in [2.05, 4.69) is 9.97 Å². The van der Waals surface area contributed by atoms with Gasteiger partial charge in [-0.1, -0.05) is 48.5 Å². The normalized spacial score (nSPS) is 10.6. The molecule has 4 aromatic carbocycles. The molecule has 2 N–H and O–H groups in total. The highest BCUT2D eigenvalue weighted by atomic mass is 16.5. The number of aromatic hydroxyl groups is 2. The topological polar surface area (TPSA) is 84.7 Å². The average molecular weight is 448 g/mol. The van der Waals surface area contributed by atoms with Gasteiger partial charge in [-0.05, 0) is 70.8 Å². The summed E-state index contributed by atoms with van der Waals surface area (Å²) in [6, 6.07) is 31.0. The highest BCUT2D eigenvalue weighted by molar-refractivity contribution is 5.65. The maximum atomic E-state index is 9.45. The van der Waals surface area contributed by atoms with Crippen molar-refractivity contribution in [3.8, 4) is 57.1 Å². The minimum atomic E-state index is 0.176. The van der Waals surface area contributed by atoms with Gasteiger partial charge in [0, 0.05) is 12.3 Å². The lowest BCUT2D eigenvalue weighted by atomic mass is 10.1. The molecule has 1 aromatic heterocycles. The SMILES string of the molecule is Oc1ccc(-c2ccc(Oc3ccnc(Oc4ccc(-c5ccc(O)cc5)cc4)n3)cc2)cc1. The van der Waals surface area contributed by atoms with Crippen LogP contribution in [0.25, 0.3) is 22.3 Å². The largest absolute Gasteiger partial charge is 0.508 e. The molecule has 34 heavy (non-hydrogen) atoms. The molecule has 0 unspecified atom stereocenters. The zero-order chi connectivity index (χ0) is 23.3. The Morgan fingerprint density at radius 1 is 0.471 bits per heavy atom. The van der Waals surface area contributed by atoms with E-state index in [4.69, 9.17) is 9.47 Å². The summed E-state index contributed by atoms with van der Waals surface area (Å²) in [4.78, 5) is 8.50. The number of rotatable bonds is 6. The summed E-state index contributed by atoms with van der Waals surface area (Å²) in [5.41, 5.74) is 4.00. The second kappa shape index (κ2) is 9.34. The third-order valence-electron chi connectivity index (χ3n) is 5.15. The Balaban J connectivity index is 1.25. The minimum Gasteiger partial charge on any atom is -0.508 e. The van der Waals surface area contributed by atoms with Crippen molar-refractivity contribution < 1.29 is 19.7 Å². The van der Waals surface area contributed by atoms with Crippen molar-refractivity contribution in [2.24, 2.45) is 0 Å². The number of ether oxygens (including phenoxy) is 2. The minimum absolute atomic E-state index is 0.176. The van der Waals surface area contributed by atoms with Crippen molar-refractivity contribution >= 4 is 0 Å². The molecule has 0 aliphatic rings. The molecule has 6 heteroatoms. The molecule has 0 spiro atoms. The Morgan fingerprint density at radius 2 is 0.882 bits per heavy atom. The summed E-state index contributed by atoms with van der Waals surface area (Å²) in [5, 5.41) is 18.9. The van der Waals surface area contributed by atoms with Crippen molar-refractivity contribution in [2.75, 3.05) is 0 Å². The molecule has 0 fully saturated rings. The number of aromatic nitrogens is 2. The van der Waals surface area contributed by atoms with Crippen molar-refractivity contribution in [1.82, 2.24) is 9.97 Å². The van der Waals surface area contributed by atoms with E-state index in [1.807, 2.05) is 72.8 Å². The number of hydrogen-bond acceptors (Lipinski definition) is 6. The van der Waals surface area contributed by atoms with Gasteiger partial charge in [-0.3, -0.25) is 0 Å². The zero-order valence-corrected chi connectivity index (χ0v) is 18.0. The fourth-order valence-electron chi connectivity index (χ4n) is 3.40. The summed E-state index contributed by atoms with van der Waals surface area (Å²) in [5.74, 6) is 2.06. The molecule has 166 valence electrons. The second-order valence-electron chi connectivity index (χ2n) is 7.52. The maximum Gasteiger partial charge on any atom is 0.325 e. The number of benzene rings is 4. The second-order valence-corrected chi connectivity index (χ2v) is 7.52. The molecular weight excluding hydrogens is 428 g/mol. The monoisotopic (exact) mass is 448 g/mol. The van der Waals surface area contributed by atoms with Gasteiger partial charge < -0.3 is 19.7 Å². The fourth-order valence-corrected chi connectivity index (χ4v) is 3.40. The zero-order valence-electron chi connectivity index (χ0n) is 18.0. The quantitative estimate of drug-likeness (QED) is 0.297. The smallest absolute Gasteiger partial charge is 0.325 e. The van der Waals surface area contributed by atoms with Crippen LogP contribution < -0.4 is 9.47 Å². The van der Waals surface area contributed by atoms with Gasteiger partial charge in [0.15, 0.2) is 0 Å². The number of hydrogen-bond donors (Lipinski definition) is 2. The van der Waals surface area contributed by atoms with E-state index in [1.165, 1.54) is 0 Å². The Hall–Kier alpha value is -4.84. The first-order chi connectivity index (χ1) is 16.6. The molecule has 0 bridgehead atoms. The molecule has 0 aliphatic carbocycles. The summed E-state index contributed by atoms with van der Waals surface area (Å²) in [6.45, 7) is 0. The third kappa shape index (κ3) is 4.97. The van der Waals surface area contributed by atoms with E-state index in [1.54, 1.807) is 36.5 Å². The van der Waals surface area contributed by atoms with Crippen molar-refractivity contribution in [2.45, 2.75) is 0 Å². The lowest BCUT2D eigenvalue weighted by Gasteiger charge is -2.09. The van der Waals surface area contributed by atoms with Crippen LogP contribution in [0.3, 0.4) is 0 Å².